The summed E-state index contributed by atoms with van der Waals surface area (Å²) in [5, 5.41) is 3.42. The molecule has 21 heavy (non-hydrogen) atoms. The van der Waals surface area contributed by atoms with Gasteiger partial charge in [0.1, 0.15) is 0 Å². The van der Waals surface area contributed by atoms with E-state index in [4.69, 9.17) is 0 Å². The van der Waals surface area contributed by atoms with Crippen molar-refractivity contribution in [3.8, 4) is 0 Å². The smallest absolute Gasteiger partial charge is 0.00145 e. The van der Waals surface area contributed by atoms with Crippen molar-refractivity contribution < 1.29 is 0 Å². The van der Waals surface area contributed by atoms with E-state index in [0.29, 0.717) is 11.8 Å². The van der Waals surface area contributed by atoms with E-state index in [-0.39, 0.29) is 0 Å². The van der Waals surface area contributed by atoms with Crippen molar-refractivity contribution in [2.24, 2.45) is 5.92 Å². The Bertz CT molecular complexity index is 561. The van der Waals surface area contributed by atoms with E-state index >= 15 is 0 Å². The number of aryl methyl sites for hydroxylation is 1. The first-order chi connectivity index (χ1) is 10.4. The van der Waals surface area contributed by atoms with E-state index in [1.54, 1.807) is 11.1 Å². The quantitative estimate of drug-likeness (QED) is 0.865. The molecule has 0 spiro atoms. The summed E-state index contributed by atoms with van der Waals surface area (Å²) in [4.78, 5) is 0. The number of benzene rings is 2. The van der Waals surface area contributed by atoms with Gasteiger partial charge in [0.2, 0.25) is 0 Å². The van der Waals surface area contributed by atoms with Gasteiger partial charge in [-0.05, 0) is 67.8 Å². The monoisotopic (exact) mass is 279 g/mol. The van der Waals surface area contributed by atoms with E-state index < -0.39 is 0 Å². The molecule has 0 radical (unpaired) electrons. The number of fused-ring (bicyclic) bond motifs is 1. The lowest BCUT2D eigenvalue weighted by atomic mass is 9.74. The van der Waals surface area contributed by atoms with Crippen molar-refractivity contribution in [1.82, 2.24) is 5.32 Å². The predicted octanol–water partition coefficient (Wildman–Crippen LogP) is 4.18. The van der Waals surface area contributed by atoms with Gasteiger partial charge in [-0.25, -0.2) is 0 Å². The lowest BCUT2D eigenvalue weighted by Crippen LogP contribution is -2.29. The van der Waals surface area contributed by atoms with Gasteiger partial charge in [0.15, 0.2) is 0 Å². The average Bonchev–Trinajstić information content (AvgIpc) is 2.55. The Labute approximate surface area is 128 Å². The van der Waals surface area contributed by atoms with Crippen molar-refractivity contribution in [2.45, 2.75) is 31.6 Å². The van der Waals surface area contributed by atoms with Gasteiger partial charge in [0.05, 0.1) is 0 Å². The summed E-state index contributed by atoms with van der Waals surface area (Å²) in [6.45, 7) is 1.09. The molecule has 0 aromatic heterocycles. The third-order valence-electron chi connectivity index (χ3n) is 4.79. The van der Waals surface area contributed by atoms with E-state index in [2.05, 4.69) is 67.0 Å². The molecule has 0 saturated heterocycles. The van der Waals surface area contributed by atoms with Gasteiger partial charge in [-0.15, -0.1) is 0 Å². The molecule has 2 unspecified atom stereocenters. The van der Waals surface area contributed by atoms with Crippen LogP contribution in [-0.4, -0.2) is 13.6 Å². The van der Waals surface area contributed by atoms with Crippen LogP contribution < -0.4 is 5.32 Å². The first-order valence-corrected chi connectivity index (χ1v) is 8.15. The summed E-state index contributed by atoms with van der Waals surface area (Å²) < 4.78 is 0. The molecular weight excluding hydrogens is 254 g/mol. The fourth-order valence-corrected chi connectivity index (χ4v) is 3.82. The van der Waals surface area contributed by atoms with Crippen LogP contribution in [0.15, 0.2) is 54.6 Å². The second-order valence-electron chi connectivity index (χ2n) is 6.21. The van der Waals surface area contributed by atoms with E-state index in [9.17, 15) is 0 Å². The predicted molar refractivity (Wildman–Crippen MR) is 89.7 cm³/mol. The molecule has 1 N–H and O–H groups in total. The SMILES string of the molecule is CNCC(Cc1ccccc1)C1CCCc2ccccc21. The van der Waals surface area contributed by atoms with Gasteiger partial charge in [-0.1, -0.05) is 54.6 Å². The standard InChI is InChI=1S/C20H25N/c1-21-15-18(14-16-8-3-2-4-9-16)20-13-7-11-17-10-5-6-12-19(17)20/h2-6,8-10,12,18,20-21H,7,11,13-15H2,1H3. The van der Waals surface area contributed by atoms with Crippen LogP contribution in [0, 0.1) is 5.92 Å². The van der Waals surface area contributed by atoms with Gasteiger partial charge in [-0.3, -0.25) is 0 Å². The zero-order valence-electron chi connectivity index (χ0n) is 12.9. The second-order valence-corrected chi connectivity index (χ2v) is 6.21. The van der Waals surface area contributed by atoms with Gasteiger partial charge in [0, 0.05) is 0 Å². The minimum Gasteiger partial charge on any atom is -0.319 e. The molecule has 1 nitrogen and oxygen atoms in total. The van der Waals surface area contributed by atoms with Crippen molar-refractivity contribution in [1.29, 1.82) is 0 Å². The molecule has 1 heteroatoms. The van der Waals surface area contributed by atoms with Crippen molar-refractivity contribution >= 4 is 0 Å². The molecule has 0 heterocycles. The highest BCUT2D eigenvalue weighted by molar-refractivity contribution is 5.33. The maximum Gasteiger partial charge on any atom is -0.00145 e. The normalized spacial score (nSPS) is 19.0. The summed E-state index contributed by atoms with van der Waals surface area (Å²) in [6.07, 6.45) is 5.08. The van der Waals surface area contributed by atoms with Crippen LogP contribution in [0.25, 0.3) is 0 Å². The Balaban J connectivity index is 1.84. The van der Waals surface area contributed by atoms with Crippen LogP contribution >= 0.6 is 0 Å². The largest absolute Gasteiger partial charge is 0.319 e. The molecule has 0 fully saturated rings. The lowest BCUT2D eigenvalue weighted by molar-refractivity contribution is 0.366. The maximum absolute atomic E-state index is 3.42. The first-order valence-electron chi connectivity index (χ1n) is 8.15. The Morgan fingerprint density at radius 1 is 1.05 bits per heavy atom. The first kappa shape index (κ1) is 14.3. The fraction of sp³-hybridized carbons (Fsp3) is 0.400. The fourth-order valence-electron chi connectivity index (χ4n) is 3.82. The van der Waals surface area contributed by atoms with Crippen LogP contribution in [0.2, 0.25) is 0 Å². The zero-order chi connectivity index (χ0) is 14.5. The van der Waals surface area contributed by atoms with E-state index in [1.165, 1.54) is 31.2 Å². The molecule has 1 aliphatic carbocycles. The Hall–Kier alpha value is -1.60. The number of rotatable bonds is 5. The third-order valence-corrected chi connectivity index (χ3v) is 4.79. The topological polar surface area (TPSA) is 12.0 Å². The van der Waals surface area contributed by atoms with Gasteiger partial charge in [0.25, 0.3) is 0 Å². The molecule has 0 bridgehead atoms. The van der Waals surface area contributed by atoms with Gasteiger partial charge < -0.3 is 5.32 Å². The molecule has 2 atom stereocenters. The Morgan fingerprint density at radius 2 is 1.81 bits per heavy atom. The molecule has 2 aromatic rings. The third kappa shape index (κ3) is 3.36. The summed E-state index contributed by atoms with van der Waals surface area (Å²) in [5.74, 6) is 1.38. The summed E-state index contributed by atoms with van der Waals surface area (Å²) in [5.41, 5.74) is 4.63. The molecule has 0 aliphatic heterocycles. The van der Waals surface area contributed by atoms with E-state index in [1.807, 2.05) is 0 Å². The van der Waals surface area contributed by atoms with Crippen molar-refractivity contribution in [2.75, 3.05) is 13.6 Å². The lowest BCUT2D eigenvalue weighted by Gasteiger charge is -2.32. The molecule has 2 aromatic carbocycles. The van der Waals surface area contributed by atoms with Crippen LogP contribution in [0.3, 0.4) is 0 Å². The van der Waals surface area contributed by atoms with Crippen LogP contribution in [0.5, 0.6) is 0 Å². The molecule has 0 saturated carbocycles. The second kappa shape index (κ2) is 6.91. The van der Waals surface area contributed by atoms with Crippen LogP contribution in [0.4, 0.5) is 0 Å². The minimum atomic E-state index is 0.679. The maximum atomic E-state index is 3.42. The highest BCUT2D eigenvalue weighted by atomic mass is 14.8. The number of hydrogen-bond donors (Lipinski definition) is 1. The minimum absolute atomic E-state index is 0.679. The molecule has 0 amide bonds. The zero-order valence-corrected chi connectivity index (χ0v) is 12.9. The van der Waals surface area contributed by atoms with Crippen molar-refractivity contribution in [3.63, 3.8) is 0 Å². The van der Waals surface area contributed by atoms with Gasteiger partial charge >= 0.3 is 0 Å². The highest BCUT2D eigenvalue weighted by Crippen LogP contribution is 2.38. The molecule has 3 rings (SSSR count). The molecule has 110 valence electrons. The number of nitrogens with one attached hydrogen (secondary N) is 1. The Morgan fingerprint density at radius 3 is 2.62 bits per heavy atom. The molecular formula is C20H25N. The number of hydrogen-bond acceptors (Lipinski definition) is 1. The average molecular weight is 279 g/mol. The molecule has 1 aliphatic rings. The Kier molecular flexibility index (Phi) is 4.72. The van der Waals surface area contributed by atoms with E-state index in [0.717, 1.165) is 6.54 Å². The van der Waals surface area contributed by atoms with Gasteiger partial charge in [-0.2, -0.15) is 0 Å². The summed E-state index contributed by atoms with van der Waals surface area (Å²) in [6, 6.07) is 20.0. The van der Waals surface area contributed by atoms with Crippen molar-refractivity contribution in [3.05, 3.63) is 71.3 Å². The van der Waals surface area contributed by atoms with Crippen LogP contribution in [-0.2, 0) is 12.8 Å². The highest BCUT2D eigenvalue weighted by Gasteiger charge is 2.27. The van der Waals surface area contributed by atoms with Crippen LogP contribution in [0.1, 0.15) is 35.4 Å². The summed E-state index contributed by atoms with van der Waals surface area (Å²) in [7, 11) is 2.08. The summed E-state index contributed by atoms with van der Waals surface area (Å²) >= 11 is 0.